The molecule has 0 saturated carbocycles. The van der Waals surface area contributed by atoms with E-state index in [4.69, 9.17) is 9.47 Å². The first-order valence-corrected chi connectivity index (χ1v) is 11.8. The second-order valence-electron chi connectivity index (χ2n) is 7.10. The highest BCUT2D eigenvalue weighted by Crippen LogP contribution is 2.21. The molecule has 0 heterocycles. The Morgan fingerprint density at radius 2 is 1.59 bits per heavy atom. The Morgan fingerprint density at radius 1 is 0.853 bits per heavy atom. The summed E-state index contributed by atoms with van der Waals surface area (Å²) in [5, 5.41) is 5.49. The SMILES string of the molecule is COCCNS(=O)(=O)c1ccc(C(=O)Nc2ccccc2C(=O)Nc2cccc(OC)c2)cc1. The maximum atomic E-state index is 12.8. The average Bonchev–Trinajstić information content (AvgIpc) is 2.84. The number of ether oxygens (including phenoxy) is 2. The van der Waals surface area contributed by atoms with Crippen LogP contribution >= 0.6 is 0 Å². The first kappa shape index (κ1) is 24.9. The van der Waals surface area contributed by atoms with Crippen molar-refractivity contribution in [2.45, 2.75) is 4.90 Å². The zero-order valence-electron chi connectivity index (χ0n) is 18.7. The van der Waals surface area contributed by atoms with Gasteiger partial charge in [-0.1, -0.05) is 18.2 Å². The van der Waals surface area contributed by atoms with Crippen molar-refractivity contribution in [1.29, 1.82) is 0 Å². The first-order chi connectivity index (χ1) is 16.3. The van der Waals surface area contributed by atoms with Crippen LogP contribution in [0.2, 0.25) is 0 Å². The Labute approximate surface area is 198 Å². The molecule has 3 rings (SSSR count). The lowest BCUT2D eigenvalue weighted by Crippen LogP contribution is -2.27. The molecule has 34 heavy (non-hydrogen) atoms. The summed E-state index contributed by atoms with van der Waals surface area (Å²) in [6.07, 6.45) is 0. The fourth-order valence-corrected chi connectivity index (χ4v) is 4.04. The molecule has 0 saturated heterocycles. The number of hydrogen-bond acceptors (Lipinski definition) is 6. The Balaban J connectivity index is 1.72. The van der Waals surface area contributed by atoms with Gasteiger partial charge in [-0.25, -0.2) is 13.1 Å². The average molecular weight is 484 g/mol. The van der Waals surface area contributed by atoms with Crippen molar-refractivity contribution in [1.82, 2.24) is 4.72 Å². The number of carbonyl (C=O) groups is 2. The molecule has 2 amide bonds. The molecule has 9 nitrogen and oxygen atoms in total. The molecule has 0 aliphatic heterocycles. The van der Waals surface area contributed by atoms with Gasteiger partial charge in [-0.15, -0.1) is 0 Å². The Kier molecular flexibility index (Phi) is 8.36. The summed E-state index contributed by atoms with van der Waals surface area (Å²) < 4.78 is 36.9. The molecular formula is C24H25N3O6S. The molecule has 3 aromatic rings. The van der Waals surface area contributed by atoms with Gasteiger partial charge in [0.15, 0.2) is 0 Å². The summed E-state index contributed by atoms with van der Waals surface area (Å²) in [5.74, 6) is -0.301. The van der Waals surface area contributed by atoms with E-state index in [9.17, 15) is 18.0 Å². The smallest absolute Gasteiger partial charge is 0.257 e. The van der Waals surface area contributed by atoms with Gasteiger partial charge < -0.3 is 20.1 Å². The minimum absolute atomic E-state index is 0.0261. The molecular weight excluding hydrogens is 458 g/mol. The molecule has 178 valence electrons. The first-order valence-electron chi connectivity index (χ1n) is 10.3. The molecule has 0 fully saturated rings. The number of para-hydroxylation sites is 1. The second kappa shape index (κ2) is 11.4. The number of hydrogen-bond donors (Lipinski definition) is 3. The van der Waals surface area contributed by atoms with Crippen molar-refractivity contribution in [3.8, 4) is 5.75 Å². The van der Waals surface area contributed by atoms with Gasteiger partial charge in [0.05, 0.1) is 29.9 Å². The number of benzene rings is 3. The zero-order valence-corrected chi connectivity index (χ0v) is 19.5. The molecule has 0 aliphatic carbocycles. The van der Waals surface area contributed by atoms with Crippen LogP contribution in [-0.4, -0.2) is 47.6 Å². The number of carbonyl (C=O) groups excluding carboxylic acids is 2. The summed E-state index contributed by atoms with van der Waals surface area (Å²) in [6, 6.07) is 19.0. The van der Waals surface area contributed by atoms with Gasteiger partial charge in [0.1, 0.15) is 5.75 Å². The van der Waals surface area contributed by atoms with E-state index in [0.29, 0.717) is 17.1 Å². The van der Waals surface area contributed by atoms with Gasteiger partial charge in [0.25, 0.3) is 11.8 Å². The maximum absolute atomic E-state index is 12.8. The van der Waals surface area contributed by atoms with Crippen LogP contribution < -0.4 is 20.1 Å². The molecule has 0 aromatic heterocycles. The lowest BCUT2D eigenvalue weighted by Gasteiger charge is -2.12. The molecule has 0 spiro atoms. The molecule has 0 bridgehead atoms. The van der Waals surface area contributed by atoms with Crippen molar-refractivity contribution < 1.29 is 27.5 Å². The van der Waals surface area contributed by atoms with E-state index in [2.05, 4.69) is 15.4 Å². The summed E-state index contributed by atoms with van der Waals surface area (Å²) in [4.78, 5) is 25.6. The van der Waals surface area contributed by atoms with Crippen molar-refractivity contribution in [3.05, 3.63) is 83.9 Å². The quantitative estimate of drug-likeness (QED) is 0.381. The van der Waals surface area contributed by atoms with Crippen LogP contribution in [0.15, 0.2) is 77.7 Å². The van der Waals surface area contributed by atoms with Crippen molar-refractivity contribution in [2.75, 3.05) is 38.0 Å². The standard InChI is InChI=1S/C24H25N3O6S/c1-32-15-14-25-34(30,31)20-12-10-17(11-13-20)23(28)27-22-9-4-3-8-21(22)24(29)26-18-6-5-7-19(16-18)33-2/h3-13,16,25H,14-15H2,1-2H3,(H,26,29)(H,27,28). The van der Waals surface area contributed by atoms with E-state index in [1.807, 2.05) is 0 Å². The monoisotopic (exact) mass is 483 g/mol. The fraction of sp³-hybridized carbons (Fsp3) is 0.167. The van der Waals surface area contributed by atoms with Crippen LogP contribution in [-0.2, 0) is 14.8 Å². The summed E-state index contributed by atoms with van der Waals surface area (Å²) in [6.45, 7) is 0.375. The third kappa shape index (κ3) is 6.41. The summed E-state index contributed by atoms with van der Waals surface area (Å²) in [7, 11) is -0.702. The third-order valence-corrected chi connectivity index (χ3v) is 6.25. The van der Waals surface area contributed by atoms with Crippen LogP contribution in [0.25, 0.3) is 0 Å². The predicted octanol–water partition coefficient (Wildman–Crippen LogP) is 3.12. The lowest BCUT2D eigenvalue weighted by atomic mass is 10.1. The van der Waals surface area contributed by atoms with E-state index in [-0.39, 0.29) is 29.2 Å². The van der Waals surface area contributed by atoms with Crippen LogP contribution in [0, 0.1) is 0 Å². The van der Waals surface area contributed by atoms with Gasteiger partial charge in [-0.3, -0.25) is 9.59 Å². The lowest BCUT2D eigenvalue weighted by molar-refractivity contribution is 0.102. The topological polar surface area (TPSA) is 123 Å². The molecule has 0 unspecified atom stereocenters. The number of sulfonamides is 1. The molecule has 10 heteroatoms. The predicted molar refractivity (Wildman–Crippen MR) is 129 cm³/mol. The van der Waals surface area contributed by atoms with Gasteiger partial charge in [-0.05, 0) is 48.5 Å². The molecule has 0 atom stereocenters. The van der Waals surface area contributed by atoms with E-state index in [1.54, 1.807) is 48.5 Å². The highest BCUT2D eigenvalue weighted by molar-refractivity contribution is 7.89. The van der Waals surface area contributed by atoms with Crippen LogP contribution in [0.1, 0.15) is 20.7 Å². The van der Waals surface area contributed by atoms with E-state index >= 15 is 0 Å². The number of nitrogens with one attached hydrogen (secondary N) is 3. The highest BCUT2D eigenvalue weighted by atomic mass is 32.2. The minimum atomic E-state index is -3.71. The highest BCUT2D eigenvalue weighted by Gasteiger charge is 2.17. The van der Waals surface area contributed by atoms with Crippen molar-refractivity contribution in [3.63, 3.8) is 0 Å². The van der Waals surface area contributed by atoms with E-state index in [1.165, 1.54) is 38.5 Å². The summed E-state index contributed by atoms with van der Waals surface area (Å²) >= 11 is 0. The Hall–Kier alpha value is -3.73. The van der Waals surface area contributed by atoms with Crippen LogP contribution in [0.3, 0.4) is 0 Å². The van der Waals surface area contributed by atoms with Gasteiger partial charge in [0, 0.05) is 31.0 Å². The Morgan fingerprint density at radius 3 is 2.29 bits per heavy atom. The zero-order chi connectivity index (χ0) is 24.6. The minimum Gasteiger partial charge on any atom is -0.497 e. The Bertz CT molecular complexity index is 1260. The molecule has 0 aliphatic rings. The van der Waals surface area contributed by atoms with Crippen molar-refractivity contribution >= 4 is 33.2 Å². The number of amides is 2. The van der Waals surface area contributed by atoms with E-state index in [0.717, 1.165) is 0 Å². The number of methoxy groups -OCH3 is 2. The largest absolute Gasteiger partial charge is 0.497 e. The van der Waals surface area contributed by atoms with Crippen LogP contribution in [0.4, 0.5) is 11.4 Å². The normalized spacial score (nSPS) is 11.0. The number of rotatable bonds is 10. The summed E-state index contributed by atoms with van der Waals surface area (Å²) in [5.41, 5.74) is 1.35. The maximum Gasteiger partial charge on any atom is 0.257 e. The van der Waals surface area contributed by atoms with Crippen LogP contribution in [0.5, 0.6) is 5.75 Å². The van der Waals surface area contributed by atoms with Gasteiger partial charge >= 0.3 is 0 Å². The molecule has 0 radical (unpaired) electrons. The fourth-order valence-electron chi connectivity index (χ4n) is 3.03. The second-order valence-corrected chi connectivity index (χ2v) is 8.87. The third-order valence-electron chi connectivity index (χ3n) is 4.77. The molecule has 3 N–H and O–H groups in total. The van der Waals surface area contributed by atoms with E-state index < -0.39 is 21.8 Å². The van der Waals surface area contributed by atoms with Gasteiger partial charge in [0.2, 0.25) is 10.0 Å². The van der Waals surface area contributed by atoms with Crippen molar-refractivity contribution in [2.24, 2.45) is 0 Å². The number of anilines is 2. The van der Waals surface area contributed by atoms with Gasteiger partial charge in [-0.2, -0.15) is 0 Å². The molecule has 3 aromatic carbocycles.